The van der Waals surface area contributed by atoms with E-state index >= 15 is 0 Å². The van der Waals surface area contributed by atoms with Gasteiger partial charge in [0.05, 0.1) is 32.6 Å². The van der Waals surface area contributed by atoms with E-state index in [1.165, 1.54) is 36.7 Å². The van der Waals surface area contributed by atoms with Crippen molar-refractivity contribution in [2.45, 2.75) is 111 Å². The number of rotatable bonds is 12. The first-order chi connectivity index (χ1) is 29.6. The van der Waals surface area contributed by atoms with E-state index in [9.17, 15) is 4.79 Å². The van der Waals surface area contributed by atoms with Crippen LogP contribution in [0.4, 0.5) is 11.6 Å². The lowest BCUT2D eigenvalue weighted by atomic mass is 9.39. The third-order valence-corrected chi connectivity index (χ3v) is 20.2. The van der Waals surface area contributed by atoms with Crippen LogP contribution in [0.2, 0.25) is 10.2 Å². The van der Waals surface area contributed by atoms with Crippen LogP contribution in [-0.2, 0) is 26.9 Å². The summed E-state index contributed by atoms with van der Waals surface area (Å²) in [6.45, 7) is 18.6. The van der Waals surface area contributed by atoms with Gasteiger partial charge in [-0.1, -0.05) is 107 Å². The van der Waals surface area contributed by atoms with Crippen molar-refractivity contribution in [2.24, 2.45) is 22.2 Å². The Morgan fingerprint density at radius 3 is 2.18 bits per heavy atom. The van der Waals surface area contributed by atoms with Crippen LogP contribution in [0.15, 0.2) is 79.0 Å². The van der Waals surface area contributed by atoms with Crippen molar-refractivity contribution in [1.29, 1.82) is 0 Å². The van der Waals surface area contributed by atoms with E-state index < -0.39 is 14.3 Å². The molecule has 3 atom stereocenters. The summed E-state index contributed by atoms with van der Waals surface area (Å²) >= 11 is 6.36. The molecular formula is C50H61ClN6O4Si. The molecule has 0 amide bonds. The first-order valence-corrected chi connectivity index (χ1v) is 24.7. The number of ether oxygens (including phenoxy) is 2. The summed E-state index contributed by atoms with van der Waals surface area (Å²) in [4.78, 5) is 20.5. The standard InChI is InChI=1S/C50H61ClN6O4Si/c1-33-38-20-15-23-56(45(38)55-54-44(33)51)41-22-21-39(42(53-41)46(58)59-8)40-28-52-57(34(40)2)32-50-30-48(6)26-35(27-49(7,29-48)31-50)43(50)60-24-25-61-62(47(3,4)5,36-16-11-9-12-17-36)37-18-13-10-14-19-37/h9-14,16-19,21-22,28,35,43H,15,20,23-27,29-32H2,1-8H3. The molecule has 2 aromatic carbocycles. The average Bonchev–Trinajstić information content (AvgIpc) is 3.59. The van der Waals surface area contributed by atoms with Gasteiger partial charge < -0.3 is 18.8 Å². The number of nitrogens with zero attached hydrogens (tertiary/aromatic N) is 6. The van der Waals surface area contributed by atoms with Crippen molar-refractivity contribution in [3.05, 3.63) is 107 Å². The van der Waals surface area contributed by atoms with Crippen LogP contribution in [0.3, 0.4) is 0 Å². The molecule has 1 aliphatic heterocycles. The Balaban J connectivity index is 1.01. The molecule has 10 rings (SSSR count). The molecular weight excluding hydrogens is 812 g/mol. The predicted octanol–water partition coefficient (Wildman–Crippen LogP) is 9.44. The zero-order valence-corrected chi connectivity index (χ0v) is 39.4. The molecule has 0 N–H and O–H groups in total. The highest BCUT2D eigenvalue weighted by atomic mass is 35.5. The number of carbonyl (C=O) groups excluding carboxylic acids is 1. The Bertz CT molecular complexity index is 2420. The second-order valence-electron chi connectivity index (χ2n) is 20.5. The van der Waals surface area contributed by atoms with Crippen molar-refractivity contribution in [3.63, 3.8) is 0 Å². The van der Waals surface area contributed by atoms with Gasteiger partial charge in [-0.25, -0.2) is 9.78 Å². The maximum atomic E-state index is 13.5. The number of aromatic nitrogens is 5. The molecule has 12 heteroatoms. The topological polar surface area (TPSA) is 104 Å². The molecule has 5 aromatic rings. The van der Waals surface area contributed by atoms with Crippen molar-refractivity contribution in [2.75, 3.05) is 31.8 Å². The molecule has 4 saturated carbocycles. The SMILES string of the molecule is COC(=O)c1nc(N2CCCc3c2nnc(Cl)c3C)ccc1-c1cnn(CC23CC4(C)CC(CC(C)(C4)C2)C3OCCO[Si](c2ccccc2)(c2ccccc2)C(C)(C)C)c1C. The van der Waals surface area contributed by atoms with Crippen LogP contribution in [0.1, 0.15) is 100 Å². The van der Waals surface area contributed by atoms with Crippen molar-refractivity contribution >= 4 is 47.9 Å². The summed E-state index contributed by atoms with van der Waals surface area (Å²) in [5.41, 5.74) is 5.17. The molecule has 5 aliphatic rings. The zero-order valence-electron chi connectivity index (χ0n) is 37.6. The minimum Gasteiger partial charge on any atom is -0.464 e. The van der Waals surface area contributed by atoms with E-state index in [1.54, 1.807) is 0 Å². The number of carbonyl (C=O) groups is 1. The fraction of sp³-hybridized carbons (Fsp3) is 0.500. The monoisotopic (exact) mass is 872 g/mol. The molecule has 62 heavy (non-hydrogen) atoms. The average molecular weight is 874 g/mol. The molecule has 3 unspecified atom stereocenters. The van der Waals surface area contributed by atoms with Gasteiger partial charge in [0, 0.05) is 40.9 Å². The summed E-state index contributed by atoms with van der Waals surface area (Å²) in [6.07, 6.45) is 9.55. The van der Waals surface area contributed by atoms with Crippen LogP contribution in [0.5, 0.6) is 0 Å². The smallest absolute Gasteiger partial charge is 0.357 e. The van der Waals surface area contributed by atoms with Gasteiger partial charge >= 0.3 is 5.97 Å². The molecule has 326 valence electrons. The molecule has 3 aromatic heterocycles. The van der Waals surface area contributed by atoms with E-state index in [0.717, 1.165) is 60.4 Å². The lowest BCUT2D eigenvalue weighted by molar-refractivity contribution is -0.237. The molecule has 4 heterocycles. The minimum absolute atomic E-state index is 0.0828. The lowest BCUT2D eigenvalue weighted by Crippen LogP contribution is -2.67. The van der Waals surface area contributed by atoms with Gasteiger partial charge in [0.2, 0.25) is 0 Å². The highest BCUT2D eigenvalue weighted by molar-refractivity contribution is 6.99. The van der Waals surface area contributed by atoms with Crippen molar-refractivity contribution < 1.29 is 18.7 Å². The quantitative estimate of drug-likeness (QED) is 0.0689. The summed E-state index contributed by atoms with van der Waals surface area (Å²) in [5.74, 6) is 1.31. The highest BCUT2D eigenvalue weighted by Gasteiger charge is 2.65. The Kier molecular flexibility index (Phi) is 11.0. The fourth-order valence-corrected chi connectivity index (χ4v) is 17.8. The van der Waals surface area contributed by atoms with Crippen LogP contribution < -0.4 is 15.3 Å². The Morgan fingerprint density at radius 2 is 1.55 bits per heavy atom. The molecule has 4 bridgehead atoms. The second-order valence-corrected chi connectivity index (χ2v) is 25.2. The fourth-order valence-electron chi connectivity index (χ4n) is 13.1. The molecule has 0 radical (unpaired) electrons. The Hall–Kier alpha value is -4.42. The Labute approximate surface area is 372 Å². The number of benzene rings is 2. The third-order valence-electron chi connectivity index (χ3n) is 14.8. The van der Waals surface area contributed by atoms with Gasteiger partial charge in [-0.15, -0.1) is 10.2 Å². The number of halogens is 1. The van der Waals surface area contributed by atoms with E-state index in [0.29, 0.717) is 42.2 Å². The van der Waals surface area contributed by atoms with Gasteiger partial charge in [-0.2, -0.15) is 5.10 Å². The van der Waals surface area contributed by atoms with Crippen molar-refractivity contribution in [1.82, 2.24) is 25.0 Å². The highest BCUT2D eigenvalue weighted by Crippen LogP contribution is 2.70. The molecule has 10 nitrogen and oxygen atoms in total. The summed E-state index contributed by atoms with van der Waals surface area (Å²) < 4.78 is 22.1. The molecule has 0 saturated heterocycles. The number of fused-ring (bicyclic) bond motifs is 1. The van der Waals surface area contributed by atoms with Gasteiger partial charge in [0.15, 0.2) is 16.7 Å². The number of pyridine rings is 1. The minimum atomic E-state index is -2.70. The zero-order chi connectivity index (χ0) is 43.7. The lowest BCUT2D eigenvalue weighted by Gasteiger charge is -2.68. The van der Waals surface area contributed by atoms with E-state index in [2.05, 4.69) is 117 Å². The van der Waals surface area contributed by atoms with Crippen LogP contribution in [0, 0.1) is 36.0 Å². The number of hydrogen-bond acceptors (Lipinski definition) is 9. The van der Waals surface area contributed by atoms with Crippen LogP contribution in [-0.4, -0.2) is 72.2 Å². The van der Waals surface area contributed by atoms with Gasteiger partial charge in [-0.05, 0) is 109 Å². The van der Waals surface area contributed by atoms with Crippen LogP contribution in [0.25, 0.3) is 11.1 Å². The second kappa shape index (κ2) is 16.0. The summed E-state index contributed by atoms with van der Waals surface area (Å²) in [7, 11) is -1.30. The molecule has 0 spiro atoms. The van der Waals surface area contributed by atoms with E-state index in [-0.39, 0.29) is 33.1 Å². The Morgan fingerprint density at radius 1 is 0.887 bits per heavy atom. The number of methoxy groups -OCH3 is 1. The first-order valence-electron chi connectivity index (χ1n) is 22.4. The summed E-state index contributed by atoms with van der Waals surface area (Å²) in [6, 6.07) is 25.6. The largest absolute Gasteiger partial charge is 0.464 e. The van der Waals surface area contributed by atoms with Gasteiger partial charge in [-0.3, -0.25) is 4.68 Å². The predicted molar refractivity (Wildman–Crippen MR) is 247 cm³/mol. The van der Waals surface area contributed by atoms with E-state index in [1.807, 2.05) is 30.2 Å². The van der Waals surface area contributed by atoms with E-state index in [4.69, 9.17) is 35.6 Å². The maximum absolute atomic E-state index is 13.5. The van der Waals surface area contributed by atoms with Crippen LogP contribution >= 0.6 is 11.6 Å². The van der Waals surface area contributed by atoms with Gasteiger partial charge in [0.1, 0.15) is 5.82 Å². The number of esters is 1. The normalized spacial score (nSPS) is 25.5. The number of anilines is 2. The maximum Gasteiger partial charge on any atom is 0.357 e. The number of hydrogen-bond donors (Lipinski definition) is 0. The molecule has 4 fully saturated rings. The molecule has 4 aliphatic carbocycles. The van der Waals surface area contributed by atoms with Crippen molar-refractivity contribution in [3.8, 4) is 11.1 Å². The summed E-state index contributed by atoms with van der Waals surface area (Å²) in [5, 5.41) is 16.6. The third kappa shape index (κ3) is 7.30. The van der Waals surface area contributed by atoms with Gasteiger partial charge in [0.25, 0.3) is 8.32 Å². The first kappa shape index (κ1) is 42.9.